The van der Waals surface area contributed by atoms with Gasteiger partial charge in [-0.05, 0) is 19.8 Å². The second-order valence-corrected chi connectivity index (χ2v) is 3.83. The predicted molar refractivity (Wildman–Crippen MR) is 59.2 cm³/mol. The van der Waals surface area contributed by atoms with Crippen LogP contribution in [0.5, 0.6) is 0 Å². The summed E-state index contributed by atoms with van der Waals surface area (Å²) in [5.41, 5.74) is -1.08. The Balaban J connectivity index is 3.93. The monoisotopic (exact) mass is 212 g/mol. The van der Waals surface area contributed by atoms with Gasteiger partial charge in [0.05, 0.1) is 7.11 Å². The first-order valence-electron chi connectivity index (χ1n) is 5.35. The number of ether oxygens (including phenoxy) is 1. The van der Waals surface area contributed by atoms with E-state index in [-0.39, 0.29) is 0 Å². The molecule has 0 amide bonds. The molecule has 0 radical (unpaired) electrons. The van der Waals surface area contributed by atoms with E-state index >= 15 is 0 Å². The zero-order chi connectivity index (χ0) is 11.7. The summed E-state index contributed by atoms with van der Waals surface area (Å²) >= 11 is 0. The normalized spacial score (nSPS) is 13.6. The highest BCUT2D eigenvalue weighted by Crippen LogP contribution is 2.13. The van der Waals surface area contributed by atoms with Gasteiger partial charge in [-0.3, -0.25) is 0 Å². The van der Waals surface area contributed by atoms with E-state index in [9.17, 15) is 9.90 Å². The van der Waals surface area contributed by atoms with E-state index in [1.807, 2.05) is 0 Å². The summed E-state index contributed by atoms with van der Waals surface area (Å²) < 4.78 is 4.36. The van der Waals surface area contributed by atoms with Crippen molar-refractivity contribution in [2.45, 2.75) is 51.6 Å². The number of hydrogen-bond acceptors (Lipinski definition) is 3. The van der Waals surface area contributed by atoms with Crippen molar-refractivity contribution in [1.29, 1.82) is 0 Å². The third-order valence-corrected chi connectivity index (χ3v) is 2.14. The molecule has 0 aromatic rings. The second kappa shape index (κ2) is 7.30. The summed E-state index contributed by atoms with van der Waals surface area (Å²) in [6, 6.07) is 0. The van der Waals surface area contributed by atoms with Gasteiger partial charge < -0.3 is 9.84 Å². The molecule has 1 atom stereocenters. The van der Waals surface area contributed by atoms with Crippen LogP contribution in [0, 0.1) is 11.8 Å². The molecule has 0 aliphatic carbocycles. The van der Waals surface area contributed by atoms with Crippen molar-refractivity contribution in [3.05, 3.63) is 0 Å². The van der Waals surface area contributed by atoms with Crippen LogP contribution in [0.15, 0.2) is 0 Å². The first kappa shape index (κ1) is 14.0. The molecule has 0 aromatic heterocycles. The molecule has 1 N–H and O–H groups in total. The fourth-order valence-corrected chi connectivity index (χ4v) is 1.20. The average Bonchev–Trinajstić information content (AvgIpc) is 2.21. The number of methoxy groups -OCH3 is 1. The Labute approximate surface area is 91.8 Å². The minimum atomic E-state index is -1.08. The lowest BCUT2D eigenvalue weighted by molar-refractivity contribution is -0.133. The zero-order valence-electron chi connectivity index (χ0n) is 9.80. The van der Waals surface area contributed by atoms with Crippen LogP contribution in [0.4, 0.5) is 0 Å². The lowest BCUT2D eigenvalue weighted by atomic mass is 9.99. The molecular formula is C12H20O3. The molecule has 86 valence electrons. The Morgan fingerprint density at radius 2 is 2.07 bits per heavy atom. The Hall–Kier alpha value is -1.01. The minimum absolute atomic E-state index is 0.594. The Bertz CT molecular complexity index is 245. The molecule has 1 unspecified atom stereocenters. The van der Waals surface area contributed by atoms with Crippen LogP contribution in [0.2, 0.25) is 0 Å². The number of carbonyl (C=O) groups excluding carboxylic acids is 1. The Morgan fingerprint density at radius 3 is 2.60 bits per heavy atom. The fraction of sp³-hybridized carbons (Fsp3) is 0.750. The van der Waals surface area contributed by atoms with Crippen LogP contribution in [0.1, 0.15) is 46.0 Å². The maximum absolute atomic E-state index is 10.7. The molecule has 0 rings (SSSR count). The highest BCUT2D eigenvalue weighted by molar-refractivity contribution is 5.88. The SMILES string of the molecule is CCCCCCC(C)(O)C#CC(=O)OC. The summed E-state index contributed by atoms with van der Waals surface area (Å²) in [6.45, 7) is 3.75. The molecule has 0 aliphatic heterocycles. The Kier molecular flexibility index (Phi) is 6.81. The molecule has 0 aromatic carbocycles. The van der Waals surface area contributed by atoms with Gasteiger partial charge in [-0.2, -0.15) is 0 Å². The van der Waals surface area contributed by atoms with E-state index in [2.05, 4.69) is 23.5 Å². The molecule has 0 saturated carbocycles. The van der Waals surface area contributed by atoms with Gasteiger partial charge in [0.25, 0.3) is 0 Å². The van der Waals surface area contributed by atoms with Crippen LogP contribution < -0.4 is 0 Å². The zero-order valence-corrected chi connectivity index (χ0v) is 9.80. The van der Waals surface area contributed by atoms with Crippen molar-refractivity contribution in [3.63, 3.8) is 0 Å². The van der Waals surface area contributed by atoms with Crippen molar-refractivity contribution in [2.75, 3.05) is 7.11 Å². The summed E-state index contributed by atoms with van der Waals surface area (Å²) in [5.74, 6) is 4.16. The van der Waals surface area contributed by atoms with Gasteiger partial charge in [0.1, 0.15) is 5.60 Å². The van der Waals surface area contributed by atoms with E-state index in [1.165, 1.54) is 13.5 Å². The minimum Gasteiger partial charge on any atom is -0.459 e. The molecular weight excluding hydrogens is 192 g/mol. The molecule has 0 fully saturated rings. The van der Waals surface area contributed by atoms with E-state index in [4.69, 9.17) is 0 Å². The standard InChI is InChI=1S/C12H20O3/c1-4-5-6-7-9-12(2,14)10-8-11(13)15-3/h14H,4-7,9H2,1-3H3. The molecule has 0 spiro atoms. The number of aliphatic hydroxyl groups is 1. The molecule has 3 nitrogen and oxygen atoms in total. The number of esters is 1. The number of rotatable bonds is 5. The van der Waals surface area contributed by atoms with Crippen LogP contribution in [-0.4, -0.2) is 23.8 Å². The van der Waals surface area contributed by atoms with Crippen LogP contribution in [0.25, 0.3) is 0 Å². The van der Waals surface area contributed by atoms with Gasteiger partial charge in [-0.15, -0.1) is 0 Å². The molecule has 0 bridgehead atoms. The van der Waals surface area contributed by atoms with E-state index in [1.54, 1.807) is 6.92 Å². The molecule has 0 aliphatic rings. The first-order valence-corrected chi connectivity index (χ1v) is 5.35. The van der Waals surface area contributed by atoms with E-state index in [0.717, 1.165) is 19.3 Å². The number of carbonyl (C=O) groups is 1. The van der Waals surface area contributed by atoms with Crippen molar-refractivity contribution < 1.29 is 14.6 Å². The fourth-order valence-electron chi connectivity index (χ4n) is 1.20. The summed E-state index contributed by atoms with van der Waals surface area (Å²) in [6.07, 6.45) is 4.94. The molecule has 0 heterocycles. The highest BCUT2D eigenvalue weighted by Gasteiger charge is 2.16. The second-order valence-electron chi connectivity index (χ2n) is 3.83. The van der Waals surface area contributed by atoms with Crippen LogP contribution >= 0.6 is 0 Å². The van der Waals surface area contributed by atoms with E-state index in [0.29, 0.717) is 6.42 Å². The molecule has 15 heavy (non-hydrogen) atoms. The maximum Gasteiger partial charge on any atom is 0.384 e. The van der Waals surface area contributed by atoms with Crippen molar-refractivity contribution >= 4 is 5.97 Å². The van der Waals surface area contributed by atoms with Gasteiger partial charge in [0.2, 0.25) is 0 Å². The lowest BCUT2D eigenvalue weighted by Gasteiger charge is -2.15. The molecule has 3 heteroatoms. The topological polar surface area (TPSA) is 46.5 Å². The van der Waals surface area contributed by atoms with Crippen LogP contribution in [0.3, 0.4) is 0 Å². The van der Waals surface area contributed by atoms with Gasteiger partial charge in [0.15, 0.2) is 0 Å². The maximum atomic E-state index is 10.7. The smallest absolute Gasteiger partial charge is 0.384 e. The largest absolute Gasteiger partial charge is 0.459 e. The summed E-state index contributed by atoms with van der Waals surface area (Å²) in [4.78, 5) is 10.7. The third-order valence-electron chi connectivity index (χ3n) is 2.14. The van der Waals surface area contributed by atoms with Crippen LogP contribution in [-0.2, 0) is 9.53 Å². The number of unbranched alkanes of at least 4 members (excludes halogenated alkanes) is 3. The van der Waals surface area contributed by atoms with Gasteiger partial charge >= 0.3 is 5.97 Å². The number of hydrogen-bond donors (Lipinski definition) is 1. The summed E-state index contributed by atoms with van der Waals surface area (Å²) in [7, 11) is 1.27. The van der Waals surface area contributed by atoms with Gasteiger partial charge in [-0.25, -0.2) is 4.79 Å². The third kappa shape index (κ3) is 8.02. The lowest BCUT2D eigenvalue weighted by Crippen LogP contribution is -2.21. The molecule has 0 saturated heterocycles. The quantitative estimate of drug-likeness (QED) is 0.327. The first-order chi connectivity index (χ1) is 7.02. The van der Waals surface area contributed by atoms with Gasteiger partial charge in [-0.1, -0.05) is 32.1 Å². The van der Waals surface area contributed by atoms with Crippen molar-refractivity contribution in [1.82, 2.24) is 0 Å². The van der Waals surface area contributed by atoms with E-state index < -0.39 is 11.6 Å². The summed E-state index contributed by atoms with van der Waals surface area (Å²) in [5, 5.41) is 9.78. The highest BCUT2D eigenvalue weighted by atomic mass is 16.5. The van der Waals surface area contributed by atoms with Crippen molar-refractivity contribution in [2.24, 2.45) is 0 Å². The van der Waals surface area contributed by atoms with Gasteiger partial charge in [0, 0.05) is 5.92 Å². The predicted octanol–water partition coefficient (Wildman–Crippen LogP) is 1.88. The van der Waals surface area contributed by atoms with Crippen molar-refractivity contribution in [3.8, 4) is 11.8 Å². The Morgan fingerprint density at radius 1 is 1.40 bits per heavy atom. The average molecular weight is 212 g/mol.